The number of hydrogen-bond donors (Lipinski definition) is 0. The van der Waals surface area contributed by atoms with E-state index in [4.69, 9.17) is 28.4 Å². The summed E-state index contributed by atoms with van der Waals surface area (Å²) in [6.45, 7) is 8.19. The summed E-state index contributed by atoms with van der Waals surface area (Å²) in [6, 6.07) is 31.3. The average Bonchev–Trinajstić information content (AvgIpc) is 4.05. The predicted octanol–water partition coefficient (Wildman–Crippen LogP) is 11.4. The Morgan fingerprint density at radius 3 is 1.51 bits per heavy atom. The van der Waals surface area contributed by atoms with E-state index >= 15 is 0 Å². The molecule has 1 saturated heterocycles. The second-order valence-corrected chi connectivity index (χ2v) is 14.6. The van der Waals surface area contributed by atoms with Crippen molar-refractivity contribution in [3.63, 3.8) is 0 Å². The zero-order chi connectivity index (χ0) is 37.1. The Labute approximate surface area is 322 Å². The Balaban J connectivity index is 1.11. The molecule has 0 saturated carbocycles. The number of unbranched alkanes of at least 4 members (excludes halogenated alkanes) is 13. The van der Waals surface area contributed by atoms with Gasteiger partial charge in [-0.2, -0.15) is 0 Å². The predicted molar refractivity (Wildman–Crippen MR) is 216 cm³/mol. The van der Waals surface area contributed by atoms with Crippen molar-refractivity contribution in [1.29, 1.82) is 0 Å². The number of benzene rings is 3. The number of epoxide rings is 1. The van der Waals surface area contributed by atoms with E-state index in [0.29, 0.717) is 39.6 Å². The minimum Gasteiger partial charge on any atom is -0.377 e. The van der Waals surface area contributed by atoms with Gasteiger partial charge in [0.2, 0.25) is 0 Å². The summed E-state index contributed by atoms with van der Waals surface area (Å²) in [5.41, 5.74) is 2.50. The van der Waals surface area contributed by atoms with Gasteiger partial charge in [0, 0.05) is 0 Å². The van der Waals surface area contributed by atoms with Crippen LogP contribution in [0.1, 0.15) is 133 Å². The van der Waals surface area contributed by atoms with E-state index in [9.17, 15) is 0 Å². The van der Waals surface area contributed by atoms with Crippen molar-refractivity contribution in [2.75, 3.05) is 46.2 Å². The fraction of sp³-hybridized carbons (Fsp3) is 0.617. The molecule has 1 aliphatic rings. The summed E-state index contributed by atoms with van der Waals surface area (Å²) in [5, 5.41) is 0. The molecule has 4 rings (SSSR count). The van der Waals surface area contributed by atoms with E-state index < -0.39 is 5.60 Å². The maximum Gasteiger partial charge on any atom is 0.157 e. The first kappa shape index (κ1) is 43.2. The van der Waals surface area contributed by atoms with Gasteiger partial charge in [-0.3, -0.25) is 0 Å². The van der Waals surface area contributed by atoms with Gasteiger partial charge in [0.15, 0.2) is 6.29 Å². The molecule has 6 nitrogen and oxygen atoms in total. The topological polar surface area (TPSA) is 58.7 Å². The molecule has 3 unspecified atom stereocenters. The SMILES string of the molecule is CCCCCCCCCCCCCCCCC(COC(CC)OCCOCCOC(c1ccccc1)(c1ccccc1)c1ccccc1)OCC1CO1. The molecule has 0 bridgehead atoms. The lowest BCUT2D eigenvalue weighted by atomic mass is 9.80. The van der Waals surface area contributed by atoms with Crippen LogP contribution in [0.15, 0.2) is 91.0 Å². The highest BCUT2D eigenvalue weighted by atomic mass is 16.7. The van der Waals surface area contributed by atoms with Crippen molar-refractivity contribution in [2.24, 2.45) is 0 Å². The summed E-state index contributed by atoms with van der Waals surface area (Å²) in [7, 11) is 0. The monoisotopic (exact) mass is 731 g/mol. The molecule has 0 aliphatic carbocycles. The largest absolute Gasteiger partial charge is 0.377 e. The highest BCUT2D eigenvalue weighted by Gasteiger charge is 2.37. The van der Waals surface area contributed by atoms with Gasteiger partial charge in [-0.25, -0.2) is 0 Å². The van der Waals surface area contributed by atoms with Crippen LogP contribution in [-0.2, 0) is 34.0 Å². The first-order valence-electron chi connectivity index (χ1n) is 21.1. The van der Waals surface area contributed by atoms with Gasteiger partial charge >= 0.3 is 0 Å². The summed E-state index contributed by atoms with van der Waals surface area (Å²) in [4.78, 5) is 0. The van der Waals surface area contributed by atoms with Crippen LogP contribution < -0.4 is 0 Å². The van der Waals surface area contributed by atoms with Crippen molar-refractivity contribution in [3.8, 4) is 0 Å². The Kier molecular flexibility index (Phi) is 22.0. The van der Waals surface area contributed by atoms with Crippen LogP contribution in [0.2, 0.25) is 0 Å². The lowest BCUT2D eigenvalue weighted by molar-refractivity contribution is -0.172. The molecule has 0 spiro atoms. The molecule has 0 radical (unpaired) electrons. The maximum atomic E-state index is 6.82. The molecule has 294 valence electrons. The second-order valence-electron chi connectivity index (χ2n) is 14.6. The molecule has 0 aromatic heterocycles. The number of rotatable bonds is 33. The van der Waals surface area contributed by atoms with Crippen molar-refractivity contribution >= 4 is 0 Å². The third-order valence-electron chi connectivity index (χ3n) is 10.2. The maximum absolute atomic E-state index is 6.82. The average molecular weight is 731 g/mol. The van der Waals surface area contributed by atoms with E-state index in [1.165, 1.54) is 89.9 Å². The van der Waals surface area contributed by atoms with Gasteiger partial charge in [0.25, 0.3) is 0 Å². The van der Waals surface area contributed by atoms with Gasteiger partial charge in [-0.15, -0.1) is 0 Å². The molecule has 1 aliphatic heterocycles. The summed E-state index contributed by atoms with van der Waals surface area (Å²) in [6.07, 6.45) is 21.0. The van der Waals surface area contributed by atoms with Crippen LogP contribution in [0.3, 0.4) is 0 Å². The van der Waals surface area contributed by atoms with Crippen molar-refractivity contribution in [1.82, 2.24) is 0 Å². The third kappa shape index (κ3) is 16.8. The molecule has 0 N–H and O–H groups in total. The lowest BCUT2D eigenvalue weighted by Crippen LogP contribution is -2.34. The molecule has 0 amide bonds. The van der Waals surface area contributed by atoms with Crippen LogP contribution in [0.4, 0.5) is 0 Å². The minimum atomic E-state index is -0.748. The van der Waals surface area contributed by atoms with Crippen LogP contribution in [-0.4, -0.2) is 64.7 Å². The van der Waals surface area contributed by atoms with Gasteiger partial charge in [-0.1, -0.05) is 195 Å². The summed E-state index contributed by atoms with van der Waals surface area (Å²) < 4.78 is 36.8. The Morgan fingerprint density at radius 1 is 0.566 bits per heavy atom. The molecule has 3 aromatic rings. The zero-order valence-electron chi connectivity index (χ0n) is 33.1. The Bertz CT molecular complexity index is 1170. The molecular formula is C47H70O6. The summed E-state index contributed by atoms with van der Waals surface area (Å²) >= 11 is 0. The van der Waals surface area contributed by atoms with Gasteiger partial charge in [-0.05, 0) is 29.5 Å². The number of ether oxygens (including phenoxy) is 6. The first-order chi connectivity index (χ1) is 26.3. The van der Waals surface area contributed by atoms with Crippen LogP contribution >= 0.6 is 0 Å². The van der Waals surface area contributed by atoms with Crippen molar-refractivity contribution < 1.29 is 28.4 Å². The van der Waals surface area contributed by atoms with Crippen LogP contribution in [0.25, 0.3) is 0 Å². The standard InChI is InChI=1S/C47H70O6/c1-3-5-6-7-8-9-10-11-12-13-14-15-16-26-33-44(50-39-45-40-51-45)38-52-46(4-2)49-36-34-48-35-37-53-47(41-27-20-17-21-28-41,42-29-22-18-23-30-42)43-31-24-19-25-32-43/h17-25,27-32,44-46H,3-16,26,33-40H2,1-2H3. The van der Waals surface area contributed by atoms with E-state index in [2.05, 4.69) is 86.6 Å². The summed E-state index contributed by atoms with van der Waals surface area (Å²) in [5.74, 6) is 0. The highest BCUT2D eigenvalue weighted by molar-refractivity contribution is 5.47. The van der Waals surface area contributed by atoms with Gasteiger partial charge in [0.1, 0.15) is 11.7 Å². The van der Waals surface area contributed by atoms with Gasteiger partial charge in [0.05, 0.1) is 52.4 Å². The van der Waals surface area contributed by atoms with E-state index in [0.717, 1.165) is 36.1 Å². The van der Waals surface area contributed by atoms with E-state index in [-0.39, 0.29) is 18.5 Å². The lowest BCUT2D eigenvalue weighted by Gasteiger charge is -2.36. The quantitative estimate of drug-likeness (QED) is 0.0269. The second kappa shape index (κ2) is 27.1. The van der Waals surface area contributed by atoms with Gasteiger partial charge < -0.3 is 28.4 Å². The highest BCUT2D eigenvalue weighted by Crippen LogP contribution is 2.40. The third-order valence-corrected chi connectivity index (χ3v) is 10.2. The smallest absolute Gasteiger partial charge is 0.157 e. The normalized spacial score (nSPS) is 15.4. The zero-order valence-corrected chi connectivity index (χ0v) is 33.1. The Morgan fingerprint density at radius 2 is 1.04 bits per heavy atom. The molecule has 53 heavy (non-hydrogen) atoms. The number of hydrogen-bond acceptors (Lipinski definition) is 6. The van der Waals surface area contributed by atoms with Crippen molar-refractivity contribution in [3.05, 3.63) is 108 Å². The fourth-order valence-electron chi connectivity index (χ4n) is 7.05. The fourth-order valence-corrected chi connectivity index (χ4v) is 7.05. The van der Waals surface area contributed by atoms with Crippen molar-refractivity contribution in [2.45, 2.75) is 141 Å². The van der Waals surface area contributed by atoms with E-state index in [1.54, 1.807) is 0 Å². The minimum absolute atomic E-state index is 0.0710. The van der Waals surface area contributed by atoms with Crippen LogP contribution in [0, 0.1) is 0 Å². The first-order valence-corrected chi connectivity index (χ1v) is 21.1. The molecule has 1 fully saturated rings. The van der Waals surface area contributed by atoms with E-state index in [1.807, 2.05) is 18.2 Å². The Hall–Kier alpha value is -2.58. The molecule has 3 aromatic carbocycles. The molecule has 3 atom stereocenters. The molecular weight excluding hydrogens is 661 g/mol. The molecule has 6 heteroatoms. The molecule has 1 heterocycles. The van der Waals surface area contributed by atoms with Crippen LogP contribution in [0.5, 0.6) is 0 Å².